The number of hydrogen-bond acceptors (Lipinski definition) is 3. The molecule has 96 valence electrons. The Kier molecular flexibility index (Phi) is 4.14. The predicted molar refractivity (Wildman–Crippen MR) is 75.9 cm³/mol. The summed E-state index contributed by atoms with van der Waals surface area (Å²) in [6, 6.07) is 7.19. The minimum absolute atomic E-state index is 0.468. The van der Waals surface area contributed by atoms with Crippen LogP contribution in [-0.2, 0) is 0 Å². The average Bonchev–Trinajstić information content (AvgIpc) is 2.78. The zero-order valence-corrected chi connectivity index (χ0v) is 13.1. The number of furan rings is 1. The van der Waals surface area contributed by atoms with Crippen molar-refractivity contribution >= 4 is 31.9 Å². The van der Waals surface area contributed by atoms with E-state index in [2.05, 4.69) is 31.9 Å². The molecule has 3 nitrogen and oxygen atoms in total. The van der Waals surface area contributed by atoms with Crippen LogP contribution in [0.4, 0.5) is 0 Å². The standard InChI is InChI=1S/C13H12Br2O3/c1-7-5-11(17-2)8(6-9(7)14)13(16)10-3-4-12(15)18-10/h3-6,13,16H,1-2H3. The highest BCUT2D eigenvalue weighted by Crippen LogP contribution is 2.35. The average molecular weight is 376 g/mol. The molecule has 0 aliphatic rings. The lowest BCUT2D eigenvalue weighted by molar-refractivity contribution is 0.183. The quantitative estimate of drug-likeness (QED) is 0.873. The number of aliphatic hydroxyl groups is 1. The smallest absolute Gasteiger partial charge is 0.169 e. The first-order chi connectivity index (χ1) is 8.52. The molecule has 0 saturated carbocycles. The zero-order chi connectivity index (χ0) is 13.3. The van der Waals surface area contributed by atoms with Gasteiger partial charge < -0.3 is 14.3 Å². The summed E-state index contributed by atoms with van der Waals surface area (Å²) in [6.07, 6.45) is -0.858. The van der Waals surface area contributed by atoms with Gasteiger partial charge in [-0.3, -0.25) is 0 Å². The largest absolute Gasteiger partial charge is 0.496 e. The molecule has 0 saturated heterocycles. The molecular weight excluding hydrogens is 364 g/mol. The van der Waals surface area contributed by atoms with Gasteiger partial charge in [0.15, 0.2) is 4.67 Å². The van der Waals surface area contributed by atoms with E-state index >= 15 is 0 Å². The summed E-state index contributed by atoms with van der Waals surface area (Å²) in [6.45, 7) is 1.96. The molecule has 1 heterocycles. The van der Waals surface area contributed by atoms with Gasteiger partial charge in [0.2, 0.25) is 0 Å². The summed E-state index contributed by atoms with van der Waals surface area (Å²) in [7, 11) is 1.58. The van der Waals surface area contributed by atoms with Crippen LogP contribution in [0.2, 0.25) is 0 Å². The molecule has 0 radical (unpaired) electrons. The fourth-order valence-electron chi connectivity index (χ4n) is 1.69. The third kappa shape index (κ3) is 2.63. The second kappa shape index (κ2) is 5.47. The highest BCUT2D eigenvalue weighted by molar-refractivity contribution is 9.10. The van der Waals surface area contributed by atoms with Gasteiger partial charge >= 0.3 is 0 Å². The molecule has 2 rings (SSSR count). The molecule has 0 fully saturated rings. The van der Waals surface area contributed by atoms with Gasteiger partial charge in [0.25, 0.3) is 0 Å². The Hall–Kier alpha value is -0.780. The van der Waals surface area contributed by atoms with Crippen molar-refractivity contribution in [2.24, 2.45) is 0 Å². The van der Waals surface area contributed by atoms with Gasteiger partial charge in [-0.2, -0.15) is 0 Å². The number of aliphatic hydroxyl groups excluding tert-OH is 1. The molecular formula is C13H12Br2O3. The van der Waals surface area contributed by atoms with Gasteiger partial charge in [-0.05, 0) is 52.7 Å². The van der Waals surface area contributed by atoms with E-state index in [1.165, 1.54) is 0 Å². The number of methoxy groups -OCH3 is 1. The molecule has 0 aliphatic heterocycles. The van der Waals surface area contributed by atoms with Gasteiger partial charge in [0.1, 0.15) is 17.6 Å². The molecule has 1 aromatic heterocycles. The second-order valence-electron chi connectivity index (χ2n) is 3.89. The molecule has 0 amide bonds. The minimum Gasteiger partial charge on any atom is -0.496 e. The lowest BCUT2D eigenvalue weighted by Gasteiger charge is -2.14. The normalized spacial score (nSPS) is 12.5. The van der Waals surface area contributed by atoms with Crippen LogP contribution in [0.1, 0.15) is 23.0 Å². The van der Waals surface area contributed by atoms with E-state index in [4.69, 9.17) is 9.15 Å². The second-order valence-corrected chi connectivity index (χ2v) is 5.52. The maximum Gasteiger partial charge on any atom is 0.169 e. The first-order valence-corrected chi connectivity index (χ1v) is 6.89. The van der Waals surface area contributed by atoms with Crippen LogP contribution in [0.25, 0.3) is 0 Å². The molecule has 1 aromatic carbocycles. The molecule has 0 bridgehead atoms. The van der Waals surface area contributed by atoms with Gasteiger partial charge in [0.05, 0.1) is 7.11 Å². The van der Waals surface area contributed by atoms with Crippen molar-refractivity contribution in [1.29, 1.82) is 0 Å². The number of aryl methyl sites for hydroxylation is 1. The summed E-state index contributed by atoms with van der Waals surface area (Å²) in [5.74, 6) is 1.10. The molecule has 1 atom stereocenters. The van der Waals surface area contributed by atoms with E-state index in [0.29, 0.717) is 21.7 Å². The first-order valence-electron chi connectivity index (χ1n) is 5.30. The number of hydrogen-bond donors (Lipinski definition) is 1. The third-order valence-corrected chi connectivity index (χ3v) is 3.95. The van der Waals surface area contributed by atoms with E-state index in [0.717, 1.165) is 10.0 Å². The Morgan fingerprint density at radius 2 is 2.00 bits per heavy atom. The third-order valence-electron chi connectivity index (χ3n) is 2.67. The fraction of sp³-hybridized carbons (Fsp3) is 0.231. The monoisotopic (exact) mass is 374 g/mol. The highest BCUT2D eigenvalue weighted by atomic mass is 79.9. The van der Waals surface area contributed by atoms with Crippen LogP contribution in [-0.4, -0.2) is 12.2 Å². The summed E-state index contributed by atoms with van der Waals surface area (Å²) in [5, 5.41) is 10.3. The maximum absolute atomic E-state index is 10.3. The van der Waals surface area contributed by atoms with Crippen LogP contribution < -0.4 is 4.74 Å². The molecule has 0 spiro atoms. The van der Waals surface area contributed by atoms with E-state index in [9.17, 15) is 5.11 Å². The van der Waals surface area contributed by atoms with Crippen molar-refractivity contribution in [3.8, 4) is 5.75 Å². The van der Waals surface area contributed by atoms with Crippen LogP contribution in [0.3, 0.4) is 0 Å². The Morgan fingerprint density at radius 3 is 2.56 bits per heavy atom. The molecule has 1 N–H and O–H groups in total. The van der Waals surface area contributed by atoms with Crippen LogP contribution in [0.5, 0.6) is 5.75 Å². The van der Waals surface area contributed by atoms with Crippen molar-refractivity contribution in [3.63, 3.8) is 0 Å². The van der Waals surface area contributed by atoms with Crippen molar-refractivity contribution in [3.05, 3.63) is 50.3 Å². The first kappa shape index (κ1) is 13.6. The Morgan fingerprint density at radius 1 is 1.28 bits per heavy atom. The van der Waals surface area contributed by atoms with E-state index in [1.54, 1.807) is 19.2 Å². The van der Waals surface area contributed by atoms with Crippen LogP contribution >= 0.6 is 31.9 Å². The Balaban J connectivity index is 2.46. The van der Waals surface area contributed by atoms with Crippen molar-refractivity contribution < 1.29 is 14.3 Å². The van der Waals surface area contributed by atoms with Gasteiger partial charge in [0, 0.05) is 10.0 Å². The molecule has 0 aliphatic carbocycles. The van der Waals surface area contributed by atoms with Gasteiger partial charge in [-0.25, -0.2) is 0 Å². The molecule has 18 heavy (non-hydrogen) atoms. The van der Waals surface area contributed by atoms with Crippen LogP contribution in [0.15, 0.2) is 37.8 Å². The molecule has 5 heteroatoms. The van der Waals surface area contributed by atoms with Crippen molar-refractivity contribution in [1.82, 2.24) is 0 Å². The van der Waals surface area contributed by atoms with Gasteiger partial charge in [-0.1, -0.05) is 15.9 Å². The molecule has 1 unspecified atom stereocenters. The van der Waals surface area contributed by atoms with Crippen molar-refractivity contribution in [2.45, 2.75) is 13.0 Å². The van der Waals surface area contributed by atoms with Crippen molar-refractivity contribution in [2.75, 3.05) is 7.11 Å². The fourth-order valence-corrected chi connectivity index (χ4v) is 2.37. The Bertz CT molecular complexity index is 563. The maximum atomic E-state index is 10.3. The predicted octanol–water partition coefficient (Wildman–Crippen LogP) is 4.20. The van der Waals surface area contributed by atoms with E-state index in [1.807, 2.05) is 19.1 Å². The number of rotatable bonds is 3. The lowest BCUT2D eigenvalue weighted by Crippen LogP contribution is -2.02. The summed E-state index contributed by atoms with van der Waals surface area (Å²) in [5.41, 5.74) is 1.71. The number of benzene rings is 1. The highest BCUT2D eigenvalue weighted by Gasteiger charge is 2.20. The molecule has 2 aromatic rings. The van der Waals surface area contributed by atoms with E-state index in [-0.39, 0.29) is 0 Å². The topological polar surface area (TPSA) is 42.6 Å². The minimum atomic E-state index is -0.858. The number of ether oxygens (including phenoxy) is 1. The van der Waals surface area contributed by atoms with Gasteiger partial charge in [-0.15, -0.1) is 0 Å². The summed E-state index contributed by atoms with van der Waals surface area (Å²) < 4.78 is 12.2. The summed E-state index contributed by atoms with van der Waals surface area (Å²) >= 11 is 6.67. The number of halogens is 2. The SMILES string of the molecule is COc1cc(C)c(Br)cc1C(O)c1ccc(Br)o1. The van der Waals surface area contributed by atoms with E-state index < -0.39 is 6.10 Å². The lowest BCUT2D eigenvalue weighted by atomic mass is 10.0. The zero-order valence-electron chi connectivity index (χ0n) is 9.91. The summed E-state index contributed by atoms with van der Waals surface area (Å²) in [4.78, 5) is 0. The Labute approximate surface area is 122 Å². The van der Waals surface area contributed by atoms with Crippen LogP contribution in [0, 0.1) is 6.92 Å².